The number of carbonyl (C=O) groups excluding carboxylic acids is 1. The van der Waals surface area contributed by atoms with E-state index in [1.54, 1.807) is 31.2 Å². The molecule has 1 heterocycles. The number of nitrogens with one attached hydrogen (secondary N) is 1. The molecule has 7 nitrogen and oxygen atoms in total. The van der Waals surface area contributed by atoms with Gasteiger partial charge in [0.1, 0.15) is 17.1 Å². The molecule has 1 aliphatic heterocycles. The van der Waals surface area contributed by atoms with Gasteiger partial charge in [0.15, 0.2) is 6.10 Å². The number of carbonyl (C=O) groups is 1. The van der Waals surface area contributed by atoms with Crippen molar-refractivity contribution >= 4 is 21.6 Å². The predicted molar refractivity (Wildman–Crippen MR) is 116 cm³/mol. The summed E-state index contributed by atoms with van der Waals surface area (Å²) in [5.41, 5.74) is 1.08. The molecule has 3 rings (SSSR count). The minimum atomic E-state index is -3.34. The van der Waals surface area contributed by atoms with Crippen molar-refractivity contribution in [3.8, 4) is 11.5 Å². The highest BCUT2D eigenvalue weighted by Crippen LogP contribution is 2.39. The standard InChI is InChI=1S/C22H28N2O5S/c1-15(28-17-12-10-16(11-13-17)24(4)30(5,26)27)21(25)23-19-14-22(2,3)29-20-9-7-6-8-18(19)20/h6-13,15,19H,14H2,1-5H3,(H,23,25)/t15-,19-/m0/s1. The maximum absolute atomic E-state index is 12.8. The Labute approximate surface area is 178 Å². The molecule has 0 saturated carbocycles. The summed E-state index contributed by atoms with van der Waals surface area (Å²) in [7, 11) is -1.86. The highest BCUT2D eigenvalue weighted by Gasteiger charge is 2.35. The fraction of sp³-hybridized carbons (Fsp3) is 0.409. The van der Waals surface area contributed by atoms with Crippen molar-refractivity contribution in [3.63, 3.8) is 0 Å². The van der Waals surface area contributed by atoms with E-state index in [2.05, 4.69) is 5.32 Å². The van der Waals surface area contributed by atoms with Crippen LogP contribution in [0.25, 0.3) is 0 Å². The summed E-state index contributed by atoms with van der Waals surface area (Å²) < 4.78 is 36.2. The lowest BCUT2D eigenvalue weighted by Crippen LogP contribution is -2.44. The molecule has 162 valence electrons. The lowest BCUT2D eigenvalue weighted by Gasteiger charge is -2.38. The molecular weight excluding hydrogens is 404 g/mol. The van der Waals surface area contributed by atoms with E-state index in [0.717, 1.165) is 17.6 Å². The van der Waals surface area contributed by atoms with E-state index >= 15 is 0 Å². The first-order valence-corrected chi connectivity index (χ1v) is 11.6. The first kappa shape index (κ1) is 22.0. The third-order valence-corrected chi connectivity index (χ3v) is 6.28. The van der Waals surface area contributed by atoms with Gasteiger partial charge in [-0.1, -0.05) is 18.2 Å². The van der Waals surface area contributed by atoms with E-state index in [-0.39, 0.29) is 11.9 Å². The summed E-state index contributed by atoms with van der Waals surface area (Å²) in [6, 6.07) is 14.1. The zero-order valence-corrected chi connectivity index (χ0v) is 18.7. The molecule has 0 bridgehead atoms. The van der Waals surface area contributed by atoms with E-state index in [9.17, 15) is 13.2 Å². The minimum Gasteiger partial charge on any atom is -0.487 e. The third kappa shape index (κ3) is 5.05. The number of ether oxygens (including phenoxy) is 2. The van der Waals surface area contributed by atoms with Gasteiger partial charge in [-0.2, -0.15) is 0 Å². The maximum Gasteiger partial charge on any atom is 0.261 e. The predicted octanol–water partition coefficient (Wildman–Crippen LogP) is 3.27. The summed E-state index contributed by atoms with van der Waals surface area (Å²) in [6.07, 6.45) is 1.07. The minimum absolute atomic E-state index is 0.172. The molecule has 2 aromatic carbocycles. The zero-order chi connectivity index (χ0) is 22.1. The van der Waals surface area contributed by atoms with Gasteiger partial charge < -0.3 is 14.8 Å². The second kappa shape index (κ2) is 8.18. The normalized spacial score (nSPS) is 18.5. The van der Waals surface area contributed by atoms with Gasteiger partial charge in [-0.3, -0.25) is 9.10 Å². The molecule has 2 atom stereocenters. The van der Waals surface area contributed by atoms with Gasteiger partial charge in [-0.15, -0.1) is 0 Å². The molecule has 1 aliphatic rings. The first-order chi connectivity index (χ1) is 14.0. The Morgan fingerprint density at radius 3 is 2.47 bits per heavy atom. The summed E-state index contributed by atoms with van der Waals surface area (Å²) in [5, 5.41) is 3.07. The van der Waals surface area contributed by atoms with E-state index < -0.39 is 21.7 Å². The van der Waals surface area contributed by atoms with E-state index in [4.69, 9.17) is 9.47 Å². The molecular formula is C22H28N2O5S. The molecule has 2 aromatic rings. The topological polar surface area (TPSA) is 84.9 Å². The molecule has 0 aromatic heterocycles. The van der Waals surface area contributed by atoms with E-state index in [1.165, 1.54) is 11.4 Å². The first-order valence-electron chi connectivity index (χ1n) is 9.75. The van der Waals surface area contributed by atoms with E-state index in [0.29, 0.717) is 17.9 Å². The average molecular weight is 433 g/mol. The lowest BCUT2D eigenvalue weighted by molar-refractivity contribution is -0.128. The van der Waals surface area contributed by atoms with Crippen LogP contribution in [0, 0.1) is 0 Å². The molecule has 30 heavy (non-hydrogen) atoms. The van der Waals surface area contributed by atoms with Gasteiger partial charge in [-0.05, 0) is 51.1 Å². The van der Waals surface area contributed by atoms with Crippen LogP contribution in [-0.2, 0) is 14.8 Å². The number of anilines is 1. The van der Waals surface area contributed by atoms with Crippen molar-refractivity contribution in [3.05, 3.63) is 54.1 Å². The van der Waals surface area contributed by atoms with Crippen LogP contribution in [0.3, 0.4) is 0 Å². The monoisotopic (exact) mass is 432 g/mol. The third-order valence-electron chi connectivity index (χ3n) is 5.07. The van der Waals surface area contributed by atoms with Gasteiger partial charge in [0, 0.05) is 19.0 Å². The van der Waals surface area contributed by atoms with Crippen LogP contribution in [0.5, 0.6) is 11.5 Å². The van der Waals surface area contributed by atoms with Crippen LogP contribution in [0.2, 0.25) is 0 Å². The summed E-state index contributed by atoms with van der Waals surface area (Å²) >= 11 is 0. The lowest BCUT2D eigenvalue weighted by atomic mass is 9.89. The van der Waals surface area contributed by atoms with Gasteiger partial charge >= 0.3 is 0 Å². The summed E-state index contributed by atoms with van der Waals surface area (Å²) in [6.45, 7) is 5.68. The molecule has 0 unspecified atom stereocenters. The van der Waals surface area contributed by atoms with Crippen molar-refractivity contribution in [1.29, 1.82) is 0 Å². The molecule has 1 N–H and O–H groups in total. The van der Waals surface area contributed by atoms with Crippen LogP contribution in [-0.4, -0.2) is 39.3 Å². The fourth-order valence-corrected chi connectivity index (χ4v) is 3.91. The van der Waals surface area contributed by atoms with Crippen molar-refractivity contribution in [1.82, 2.24) is 5.32 Å². The number of benzene rings is 2. The Hall–Kier alpha value is -2.74. The Morgan fingerprint density at radius 2 is 1.83 bits per heavy atom. The second-order valence-corrected chi connectivity index (χ2v) is 10.2. The largest absolute Gasteiger partial charge is 0.487 e. The number of hydrogen-bond donors (Lipinski definition) is 1. The summed E-state index contributed by atoms with van der Waals surface area (Å²) in [4.78, 5) is 12.8. The molecule has 0 saturated heterocycles. The van der Waals surface area contributed by atoms with Crippen molar-refractivity contribution in [2.24, 2.45) is 0 Å². The Balaban J connectivity index is 1.67. The van der Waals surface area contributed by atoms with Crippen molar-refractivity contribution < 1.29 is 22.7 Å². The quantitative estimate of drug-likeness (QED) is 0.757. The SMILES string of the molecule is C[C@H](Oc1ccc(N(C)S(C)(=O)=O)cc1)C(=O)N[C@H]1CC(C)(C)Oc2ccccc21. The highest BCUT2D eigenvalue weighted by molar-refractivity contribution is 7.92. The zero-order valence-electron chi connectivity index (χ0n) is 17.9. The van der Waals surface area contributed by atoms with Gasteiger partial charge in [0.25, 0.3) is 5.91 Å². The number of rotatable bonds is 6. The van der Waals surface area contributed by atoms with Gasteiger partial charge in [0.05, 0.1) is 18.0 Å². The van der Waals surface area contributed by atoms with Crippen molar-refractivity contribution in [2.45, 2.75) is 44.9 Å². The Bertz CT molecular complexity index is 1020. The maximum atomic E-state index is 12.8. The second-order valence-electron chi connectivity index (χ2n) is 8.15. The van der Waals surface area contributed by atoms with Crippen LogP contribution in [0.4, 0.5) is 5.69 Å². The molecule has 0 fully saturated rings. The number of sulfonamides is 1. The van der Waals surface area contributed by atoms with Crippen LogP contribution < -0.4 is 19.1 Å². The van der Waals surface area contributed by atoms with Crippen LogP contribution in [0.1, 0.15) is 38.8 Å². The smallest absolute Gasteiger partial charge is 0.261 e. The number of hydrogen-bond acceptors (Lipinski definition) is 5. The molecule has 8 heteroatoms. The number of amides is 1. The van der Waals surface area contributed by atoms with Crippen LogP contribution >= 0.6 is 0 Å². The molecule has 0 radical (unpaired) electrons. The number of nitrogens with zero attached hydrogens (tertiary/aromatic N) is 1. The number of para-hydroxylation sites is 1. The van der Waals surface area contributed by atoms with Gasteiger partial charge in [-0.25, -0.2) is 8.42 Å². The fourth-order valence-electron chi connectivity index (χ4n) is 3.40. The molecule has 0 spiro atoms. The molecule has 1 amide bonds. The summed E-state index contributed by atoms with van der Waals surface area (Å²) in [5.74, 6) is 1.03. The average Bonchev–Trinajstić information content (AvgIpc) is 2.66. The Morgan fingerprint density at radius 1 is 1.20 bits per heavy atom. The highest BCUT2D eigenvalue weighted by atomic mass is 32.2. The molecule has 0 aliphatic carbocycles. The Kier molecular flexibility index (Phi) is 5.99. The van der Waals surface area contributed by atoms with E-state index in [1.807, 2.05) is 38.1 Å². The number of fused-ring (bicyclic) bond motifs is 1. The van der Waals surface area contributed by atoms with Crippen LogP contribution in [0.15, 0.2) is 48.5 Å². The van der Waals surface area contributed by atoms with Crippen molar-refractivity contribution in [2.75, 3.05) is 17.6 Å². The van der Waals surface area contributed by atoms with Gasteiger partial charge in [0.2, 0.25) is 10.0 Å².